The van der Waals surface area contributed by atoms with E-state index in [4.69, 9.17) is 10.5 Å². The van der Waals surface area contributed by atoms with E-state index in [2.05, 4.69) is 15.9 Å². The van der Waals surface area contributed by atoms with Crippen LogP contribution in [0.1, 0.15) is 58.8 Å². The predicted octanol–water partition coefficient (Wildman–Crippen LogP) is 3.99. The quantitative estimate of drug-likeness (QED) is 0.516. The van der Waals surface area contributed by atoms with Crippen LogP contribution in [0.25, 0.3) is 0 Å². The number of ether oxygens (including phenoxy) is 1. The van der Waals surface area contributed by atoms with Crippen molar-refractivity contribution < 1.29 is 9.53 Å². The van der Waals surface area contributed by atoms with Crippen LogP contribution in [0.4, 0.5) is 4.79 Å². The van der Waals surface area contributed by atoms with Gasteiger partial charge in [0.05, 0.1) is 0 Å². The Labute approximate surface area is 107 Å². The summed E-state index contributed by atoms with van der Waals surface area (Å²) in [6.07, 6.45) is 7.62. The highest BCUT2D eigenvalue weighted by Crippen LogP contribution is 2.19. The standard InChI is InChI=1S/C12H24BrNO2/c1-12(2,16-11(14)15)9-7-5-3-4-6-8-10-13/h3-10H2,1-2H3,(H2,14,15). The molecule has 96 valence electrons. The van der Waals surface area contributed by atoms with Gasteiger partial charge in [0.15, 0.2) is 0 Å². The molecule has 0 aliphatic rings. The number of carbonyl (C=O) groups is 1. The molecule has 16 heavy (non-hydrogen) atoms. The summed E-state index contributed by atoms with van der Waals surface area (Å²) in [5.74, 6) is 0. The van der Waals surface area contributed by atoms with Gasteiger partial charge in [0.1, 0.15) is 5.60 Å². The zero-order valence-electron chi connectivity index (χ0n) is 10.4. The van der Waals surface area contributed by atoms with Gasteiger partial charge in [0, 0.05) is 5.33 Å². The largest absolute Gasteiger partial charge is 0.444 e. The molecular formula is C12H24BrNO2. The second-order valence-electron chi connectivity index (χ2n) is 4.74. The topological polar surface area (TPSA) is 52.3 Å². The molecule has 1 amide bonds. The number of hydrogen-bond donors (Lipinski definition) is 1. The molecule has 0 aliphatic carbocycles. The molecular weight excluding hydrogens is 270 g/mol. The van der Waals surface area contributed by atoms with E-state index in [1.54, 1.807) is 0 Å². The third kappa shape index (κ3) is 10.3. The third-order valence-corrected chi connectivity index (χ3v) is 3.10. The van der Waals surface area contributed by atoms with E-state index in [1.807, 2.05) is 13.8 Å². The molecule has 4 heteroatoms. The van der Waals surface area contributed by atoms with Gasteiger partial charge in [-0.1, -0.05) is 41.6 Å². The van der Waals surface area contributed by atoms with Crippen molar-refractivity contribution in [2.45, 2.75) is 64.4 Å². The SMILES string of the molecule is CC(C)(CCCCCCCCBr)OC(N)=O. The number of primary amides is 1. The first-order valence-electron chi connectivity index (χ1n) is 6.02. The molecule has 0 aromatic rings. The number of rotatable bonds is 9. The minimum absolute atomic E-state index is 0.415. The average molecular weight is 294 g/mol. The molecule has 3 nitrogen and oxygen atoms in total. The van der Waals surface area contributed by atoms with Crippen molar-refractivity contribution in [3.05, 3.63) is 0 Å². The van der Waals surface area contributed by atoms with Gasteiger partial charge in [-0.05, 0) is 33.1 Å². The number of carbonyl (C=O) groups excluding carboxylic acids is 1. The zero-order valence-corrected chi connectivity index (χ0v) is 12.0. The fourth-order valence-corrected chi connectivity index (χ4v) is 2.07. The van der Waals surface area contributed by atoms with Crippen molar-refractivity contribution >= 4 is 22.0 Å². The van der Waals surface area contributed by atoms with Crippen LogP contribution in [0.5, 0.6) is 0 Å². The van der Waals surface area contributed by atoms with Gasteiger partial charge in [0.2, 0.25) is 0 Å². The van der Waals surface area contributed by atoms with Crippen molar-refractivity contribution in [2.24, 2.45) is 5.73 Å². The van der Waals surface area contributed by atoms with E-state index in [0.29, 0.717) is 0 Å². The van der Waals surface area contributed by atoms with Crippen LogP contribution in [-0.2, 0) is 4.74 Å². The predicted molar refractivity (Wildman–Crippen MR) is 70.9 cm³/mol. The second-order valence-corrected chi connectivity index (χ2v) is 5.53. The summed E-state index contributed by atoms with van der Waals surface area (Å²) in [6.45, 7) is 3.81. The van der Waals surface area contributed by atoms with E-state index in [9.17, 15) is 4.79 Å². The Morgan fingerprint density at radius 3 is 2.12 bits per heavy atom. The average Bonchev–Trinajstić information content (AvgIpc) is 2.14. The monoisotopic (exact) mass is 293 g/mol. The Bertz CT molecular complexity index is 195. The molecule has 0 rings (SSSR count). The van der Waals surface area contributed by atoms with Crippen molar-refractivity contribution in [2.75, 3.05) is 5.33 Å². The van der Waals surface area contributed by atoms with E-state index >= 15 is 0 Å². The molecule has 0 aromatic carbocycles. The molecule has 0 heterocycles. The van der Waals surface area contributed by atoms with E-state index in [0.717, 1.165) is 18.2 Å². The van der Waals surface area contributed by atoms with Crippen molar-refractivity contribution in [1.82, 2.24) is 0 Å². The van der Waals surface area contributed by atoms with Crippen molar-refractivity contribution in [1.29, 1.82) is 0 Å². The maximum atomic E-state index is 10.6. The molecule has 0 bridgehead atoms. The highest BCUT2D eigenvalue weighted by atomic mass is 79.9. The van der Waals surface area contributed by atoms with Crippen LogP contribution in [-0.4, -0.2) is 17.0 Å². The van der Waals surface area contributed by atoms with Crippen LogP contribution < -0.4 is 5.73 Å². The number of amides is 1. The van der Waals surface area contributed by atoms with Gasteiger partial charge in [0.25, 0.3) is 0 Å². The lowest BCUT2D eigenvalue weighted by molar-refractivity contribution is 0.0372. The molecule has 0 saturated carbocycles. The Balaban J connectivity index is 3.39. The van der Waals surface area contributed by atoms with Crippen LogP contribution >= 0.6 is 15.9 Å². The fraction of sp³-hybridized carbons (Fsp3) is 0.917. The lowest BCUT2D eigenvalue weighted by Crippen LogP contribution is -2.30. The number of hydrogen-bond acceptors (Lipinski definition) is 2. The highest BCUT2D eigenvalue weighted by molar-refractivity contribution is 9.09. The van der Waals surface area contributed by atoms with E-state index in [1.165, 1.54) is 32.1 Å². The molecule has 0 saturated heterocycles. The summed E-state index contributed by atoms with van der Waals surface area (Å²) in [5, 5.41) is 1.10. The van der Waals surface area contributed by atoms with E-state index in [-0.39, 0.29) is 0 Å². The summed E-state index contributed by atoms with van der Waals surface area (Å²) in [6, 6.07) is 0. The number of nitrogens with two attached hydrogens (primary N) is 1. The first-order chi connectivity index (χ1) is 7.48. The zero-order chi connectivity index (χ0) is 12.4. The van der Waals surface area contributed by atoms with Gasteiger partial charge in [-0.25, -0.2) is 4.79 Å². The van der Waals surface area contributed by atoms with Crippen molar-refractivity contribution in [3.63, 3.8) is 0 Å². The maximum Gasteiger partial charge on any atom is 0.405 e. The third-order valence-electron chi connectivity index (χ3n) is 2.54. The van der Waals surface area contributed by atoms with Gasteiger partial charge in [-0.15, -0.1) is 0 Å². The molecule has 0 fully saturated rings. The van der Waals surface area contributed by atoms with Crippen LogP contribution in [0.2, 0.25) is 0 Å². The molecule has 0 unspecified atom stereocenters. The van der Waals surface area contributed by atoms with Gasteiger partial charge in [-0.3, -0.25) is 0 Å². The lowest BCUT2D eigenvalue weighted by atomic mass is 9.99. The summed E-state index contributed by atoms with van der Waals surface area (Å²) in [7, 11) is 0. The summed E-state index contributed by atoms with van der Waals surface area (Å²) in [5.41, 5.74) is 4.58. The van der Waals surface area contributed by atoms with Crippen LogP contribution in [0.3, 0.4) is 0 Å². The smallest absolute Gasteiger partial charge is 0.405 e. The highest BCUT2D eigenvalue weighted by Gasteiger charge is 2.20. The molecule has 2 N–H and O–H groups in total. The van der Waals surface area contributed by atoms with Crippen LogP contribution in [0.15, 0.2) is 0 Å². The molecule has 0 aliphatic heterocycles. The first kappa shape index (κ1) is 15.8. The van der Waals surface area contributed by atoms with E-state index < -0.39 is 11.7 Å². The van der Waals surface area contributed by atoms with Crippen molar-refractivity contribution in [3.8, 4) is 0 Å². The Morgan fingerprint density at radius 2 is 1.62 bits per heavy atom. The second kappa shape index (κ2) is 8.85. The molecule has 0 aromatic heterocycles. The number of halogens is 1. The van der Waals surface area contributed by atoms with Gasteiger partial charge >= 0.3 is 6.09 Å². The number of unbranched alkanes of at least 4 members (excludes halogenated alkanes) is 5. The summed E-state index contributed by atoms with van der Waals surface area (Å²) < 4.78 is 5.02. The van der Waals surface area contributed by atoms with Gasteiger partial charge in [-0.2, -0.15) is 0 Å². The molecule has 0 radical (unpaired) electrons. The maximum absolute atomic E-state index is 10.6. The minimum Gasteiger partial charge on any atom is -0.444 e. The molecule has 0 spiro atoms. The Morgan fingerprint density at radius 1 is 1.12 bits per heavy atom. The fourth-order valence-electron chi connectivity index (χ4n) is 1.68. The Kier molecular flexibility index (Phi) is 8.71. The summed E-state index contributed by atoms with van der Waals surface area (Å²) >= 11 is 3.42. The normalized spacial score (nSPS) is 11.4. The molecule has 0 atom stereocenters. The van der Waals surface area contributed by atoms with Crippen LogP contribution in [0, 0.1) is 0 Å². The van der Waals surface area contributed by atoms with Gasteiger partial charge < -0.3 is 10.5 Å². The first-order valence-corrected chi connectivity index (χ1v) is 7.14. The summed E-state index contributed by atoms with van der Waals surface area (Å²) in [4.78, 5) is 10.6. The Hall–Kier alpha value is -0.250. The number of alkyl halides is 1. The lowest BCUT2D eigenvalue weighted by Gasteiger charge is -2.23. The minimum atomic E-state index is -0.678.